The standard InChI is InChI=1S/C17H18O3/c1-2-10-20-17-15(18)11-14(12-16(17)19)9-8-13-6-4-3-5-7-13/h3-9,11-12,18-19H,2,10H2,1H3/b9-8+. The van der Waals surface area contributed by atoms with E-state index in [2.05, 4.69) is 0 Å². The van der Waals surface area contributed by atoms with Crippen LogP contribution in [0.4, 0.5) is 0 Å². The number of hydrogen-bond acceptors (Lipinski definition) is 3. The van der Waals surface area contributed by atoms with Crippen molar-refractivity contribution in [2.75, 3.05) is 6.61 Å². The molecular formula is C17H18O3. The van der Waals surface area contributed by atoms with Gasteiger partial charge in [0.25, 0.3) is 0 Å². The lowest BCUT2D eigenvalue weighted by atomic mass is 10.1. The van der Waals surface area contributed by atoms with Crippen LogP contribution in [0.3, 0.4) is 0 Å². The van der Waals surface area contributed by atoms with Crippen LogP contribution < -0.4 is 4.74 Å². The summed E-state index contributed by atoms with van der Waals surface area (Å²) in [6.07, 6.45) is 4.56. The normalized spacial score (nSPS) is 10.8. The number of hydrogen-bond donors (Lipinski definition) is 2. The molecule has 0 aliphatic carbocycles. The van der Waals surface area contributed by atoms with Crippen LogP contribution in [0.5, 0.6) is 17.2 Å². The van der Waals surface area contributed by atoms with E-state index in [1.807, 2.05) is 49.4 Å². The highest BCUT2D eigenvalue weighted by atomic mass is 16.5. The molecule has 0 atom stereocenters. The van der Waals surface area contributed by atoms with Crippen LogP contribution in [0.15, 0.2) is 42.5 Å². The Labute approximate surface area is 118 Å². The first-order chi connectivity index (χ1) is 9.70. The summed E-state index contributed by atoms with van der Waals surface area (Å²) in [4.78, 5) is 0. The monoisotopic (exact) mass is 270 g/mol. The van der Waals surface area contributed by atoms with Crippen molar-refractivity contribution in [1.82, 2.24) is 0 Å². The van der Waals surface area contributed by atoms with E-state index in [0.29, 0.717) is 12.2 Å². The van der Waals surface area contributed by atoms with Crippen molar-refractivity contribution in [3.8, 4) is 17.2 Å². The maximum atomic E-state index is 9.88. The van der Waals surface area contributed by atoms with E-state index in [9.17, 15) is 10.2 Å². The van der Waals surface area contributed by atoms with Gasteiger partial charge in [0.2, 0.25) is 5.75 Å². The topological polar surface area (TPSA) is 49.7 Å². The third kappa shape index (κ3) is 3.54. The summed E-state index contributed by atoms with van der Waals surface area (Å²) in [6, 6.07) is 13.0. The minimum Gasteiger partial charge on any atom is -0.504 e. The largest absolute Gasteiger partial charge is 0.504 e. The van der Waals surface area contributed by atoms with Crippen LogP contribution in [-0.4, -0.2) is 16.8 Å². The van der Waals surface area contributed by atoms with Crippen molar-refractivity contribution >= 4 is 12.2 Å². The third-order valence-corrected chi connectivity index (χ3v) is 2.79. The van der Waals surface area contributed by atoms with E-state index >= 15 is 0 Å². The Balaban J connectivity index is 2.20. The molecule has 0 heterocycles. The molecule has 0 saturated carbocycles. The van der Waals surface area contributed by atoms with Crippen LogP contribution in [0.1, 0.15) is 24.5 Å². The number of benzene rings is 2. The zero-order valence-corrected chi connectivity index (χ0v) is 11.4. The van der Waals surface area contributed by atoms with Crippen LogP contribution in [0.2, 0.25) is 0 Å². The summed E-state index contributed by atoms with van der Waals surface area (Å²) >= 11 is 0. The molecule has 0 spiro atoms. The van der Waals surface area contributed by atoms with Gasteiger partial charge in [-0.1, -0.05) is 49.4 Å². The molecule has 0 aromatic heterocycles. The molecule has 2 aromatic rings. The van der Waals surface area contributed by atoms with E-state index in [1.165, 1.54) is 0 Å². The quantitative estimate of drug-likeness (QED) is 0.806. The van der Waals surface area contributed by atoms with E-state index in [-0.39, 0.29) is 17.2 Å². The van der Waals surface area contributed by atoms with Crippen LogP contribution in [0.25, 0.3) is 12.2 Å². The number of phenols is 2. The van der Waals surface area contributed by atoms with Crippen molar-refractivity contribution in [2.24, 2.45) is 0 Å². The Morgan fingerprint density at radius 2 is 1.55 bits per heavy atom. The number of aromatic hydroxyl groups is 2. The molecule has 2 N–H and O–H groups in total. The maximum Gasteiger partial charge on any atom is 0.203 e. The summed E-state index contributed by atoms with van der Waals surface area (Å²) in [6.45, 7) is 2.42. The van der Waals surface area contributed by atoms with Gasteiger partial charge in [0.1, 0.15) is 0 Å². The molecular weight excluding hydrogens is 252 g/mol. The van der Waals surface area contributed by atoms with Crippen molar-refractivity contribution in [3.63, 3.8) is 0 Å². The van der Waals surface area contributed by atoms with Gasteiger partial charge in [-0.25, -0.2) is 0 Å². The number of ether oxygens (including phenoxy) is 1. The Kier molecular flexibility index (Phi) is 4.66. The highest BCUT2D eigenvalue weighted by molar-refractivity contribution is 5.72. The lowest BCUT2D eigenvalue weighted by Crippen LogP contribution is -1.95. The van der Waals surface area contributed by atoms with E-state index in [0.717, 1.165) is 12.0 Å². The molecule has 3 nitrogen and oxygen atoms in total. The van der Waals surface area contributed by atoms with Crippen molar-refractivity contribution in [3.05, 3.63) is 53.6 Å². The molecule has 3 heteroatoms. The highest BCUT2D eigenvalue weighted by Gasteiger charge is 2.09. The summed E-state index contributed by atoms with van der Waals surface area (Å²) in [7, 11) is 0. The highest BCUT2D eigenvalue weighted by Crippen LogP contribution is 2.37. The molecule has 104 valence electrons. The molecule has 0 amide bonds. The summed E-state index contributed by atoms with van der Waals surface area (Å²) < 4.78 is 5.31. The van der Waals surface area contributed by atoms with Gasteiger partial charge >= 0.3 is 0 Å². The van der Waals surface area contributed by atoms with Crippen molar-refractivity contribution in [2.45, 2.75) is 13.3 Å². The van der Waals surface area contributed by atoms with Gasteiger partial charge in [-0.15, -0.1) is 0 Å². The Morgan fingerprint density at radius 3 is 2.15 bits per heavy atom. The van der Waals surface area contributed by atoms with E-state index in [1.54, 1.807) is 12.1 Å². The smallest absolute Gasteiger partial charge is 0.203 e. The van der Waals surface area contributed by atoms with Crippen LogP contribution in [0, 0.1) is 0 Å². The molecule has 0 unspecified atom stereocenters. The van der Waals surface area contributed by atoms with Gasteiger partial charge in [-0.2, -0.15) is 0 Å². The number of rotatable bonds is 5. The zero-order valence-electron chi connectivity index (χ0n) is 11.4. The molecule has 0 aliphatic rings. The Morgan fingerprint density at radius 1 is 0.950 bits per heavy atom. The third-order valence-electron chi connectivity index (χ3n) is 2.79. The molecule has 0 saturated heterocycles. The lowest BCUT2D eigenvalue weighted by Gasteiger charge is -2.09. The predicted molar refractivity (Wildman–Crippen MR) is 80.9 cm³/mol. The minimum absolute atomic E-state index is 0.0499. The second-order valence-corrected chi connectivity index (χ2v) is 4.48. The van der Waals surface area contributed by atoms with E-state index in [4.69, 9.17) is 4.74 Å². The average Bonchev–Trinajstić information content (AvgIpc) is 2.45. The summed E-state index contributed by atoms with van der Waals surface area (Å²) in [5.41, 5.74) is 1.77. The molecule has 20 heavy (non-hydrogen) atoms. The first kappa shape index (κ1) is 14.0. The minimum atomic E-state index is -0.0499. The first-order valence-corrected chi connectivity index (χ1v) is 6.62. The van der Waals surface area contributed by atoms with Gasteiger partial charge in [-0.05, 0) is 29.7 Å². The van der Waals surface area contributed by atoms with Crippen LogP contribution >= 0.6 is 0 Å². The average molecular weight is 270 g/mol. The molecule has 0 aliphatic heterocycles. The van der Waals surface area contributed by atoms with Crippen LogP contribution in [-0.2, 0) is 0 Å². The zero-order chi connectivity index (χ0) is 14.4. The van der Waals surface area contributed by atoms with Gasteiger partial charge in [0.15, 0.2) is 11.5 Å². The molecule has 0 bridgehead atoms. The molecule has 0 fully saturated rings. The summed E-state index contributed by atoms with van der Waals surface area (Å²) in [5, 5.41) is 19.8. The van der Waals surface area contributed by atoms with E-state index < -0.39 is 0 Å². The SMILES string of the molecule is CCCOc1c(O)cc(/C=C/c2ccccc2)cc1O. The van der Waals surface area contributed by atoms with Gasteiger partial charge in [0, 0.05) is 0 Å². The maximum absolute atomic E-state index is 9.88. The second-order valence-electron chi connectivity index (χ2n) is 4.48. The summed E-state index contributed by atoms with van der Waals surface area (Å²) in [5.74, 6) is 0.0426. The van der Waals surface area contributed by atoms with Gasteiger partial charge < -0.3 is 14.9 Å². The molecule has 2 aromatic carbocycles. The fourth-order valence-corrected chi connectivity index (χ4v) is 1.82. The predicted octanol–water partition coefficient (Wildman–Crippen LogP) is 4.06. The number of phenolic OH excluding ortho intramolecular Hbond substituents is 2. The Bertz CT molecular complexity index is 565. The second kappa shape index (κ2) is 6.66. The molecule has 2 rings (SSSR count). The van der Waals surface area contributed by atoms with Gasteiger partial charge in [0.05, 0.1) is 6.61 Å². The van der Waals surface area contributed by atoms with Crippen molar-refractivity contribution < 1.29 is 14.9 Å². The van der Waals surface area contributed by atoms with Gasteiger partial charge in [-0.3, -0.25) is 0 Å². The van der Waals surface area contributed by atoms with Crippen molar-refractivity contribution in [1.29, 1.82) is 0 Å². The Hall–Kier alpha value is -2.42. The lowest BCUT2D eigenvalue weighted by molar-refractivity contribution is 0.283. The first-order valence-electron chi connectivity index (χ1n) is 6.62. The fraction of sp³-hybridized carbons (Fsp3) is 0.176. The molecule has 0 radical (unpaired) electrons. The fourth-order valence-electron chi connectivity index (χ4n) is 1.82.